The van der Waals surface area contributed by atoms with Crippen molar-refractivity contribution in [1.82, 2.24) is 9.61 Å². The molecule has 144 valence electrons. The summed E-state index contributed by atoms with van der Waals surface area (Å²) in [4.78, 5) is 0. The fourth-order valence-corrected chi connectivity index (χ4v) is 3.31. The number of aliphatic hydroxyl groups excluding tert-OH is 2. The van der Waals surface area contributed by atoms with E-state index in [1.807, 2.05) is 0 Å². The first-order valence-corrected chi connectivity index (χ1v) is 8.43. The second-order valence-electron chi connectivity index (χ2n) is 5.60. The Morgan fingerprint density at radius 3 is 2.48 bits per heavy atom. The summed E-state index contributed by atoms with van der Waals surface area (Å²) in [5.74, 6) is -1.81. The highest BCUT2D eigenvalue weighted by Crippen LogP contribution is 2.36. The van der Waals surface area contributed by atoms with E-state index >= 15 is 0 Å². The van der Waals surface area contributed by atoms with Crippen molar-refractivity contribution in [3.63, 3.8) is 0 Å². The quantitative estimate of drug-likeness (QED) is 0.633. The van der Waals surface area contributed by atoms with E-state index in [9.17, 15) is 23.4 Å². The second-order valence-corrected chi connectivity index (χ2v) is 6.44. The van der Waals surface area contributed by atoms with Gasteiger partial charge in [0.2, 0.25) is 0 Å². The van der Waals surface area contributed by atoms with Gasteiger partial charge in [-0.05, 0) is 18.2 Å². The number of pyridine rings is 1. The predicted octanol–water partition coefficient (Wildman–Crippen LogP) is 3.96. The van der Waals surface area contributed by atoms with Gasteiger partial charge in [-0.25, -0.2) is 8.91 Å². The lowest BCUT2D eigenvalue weighted by atomic mass is 9.97. The van der Waals surface area contributed by atoms with Gasteiger partial charge in [0.15, 0.2) is 11.6 Å². The molecule has 0 atom stereocenters. The minimum atomic E-state index is -3.28. The van der Waals surface area contributed by atoms with Gasteiger partial charge in [-0.15, -0.1) is 0 Å². The van der Waals surface area contributed by atoms with E-state index in [0.29, 0.717) is 16.1 Å². The van der Waals surface area contributed by atoms with Crippen molar-refractivity contribution in [1.29, 1.82) is 0 Å². The van der Waals surface area contributed by atoms with E-state index in [1.165, 1.54) is 4.52 Å². The average Bonchev–Trinajstić information content (AvgIpc) is 2.95. The number of benzene rings is 1. The summed E-state index contributed by atoms with van der Waals surface area (Å²) in [6.45, 7) is -4.35. The van der Waals surface area contributed by atoms with Gasteiger partial charge in [-0.2, -0.15) is 13.9 Å². The summed E-state index contributed by atoms with van der Waals surface area (Å²) < 4.78 is 45.6. The molecule has 0 fully saturated rings. The van der Waals surface area contributed by atoms with Crippen LogP contribution in [0.15, 0.2) is 24.4 Å². The lowest BCUT2D eigenvalue weighted by molar-refractivity contribution is -0.0528. The molecule has 3 rings (SSSR count). The maximum Gasteiger partial charge on any atom is 0.387 e. The fraction of sp³-hybridized carbons (Fsp3) is 0.235. The lowest BCUT2D eigenvalue weighted by Crippen LogP contribution is -2.10. The first kappa shape index (κ1) is 19.8. The smallest absolute Gasteiger partial charge is 0.387 e. The van der Waals surface area contributed by atoms with Crippen LogP contribution in [0, 0.1) is 5.82 Å². The van der Waals surface area contributed by atoms with Crippen molar-refractivity contribution in [2.45, 2.75) is 26.2 Å². The van der Waals surface area contributed by atoms with Gasteiger partial charge in [0.25, 0.3) is 0 Å². The van der Waals surface area contributed by atoms with E-state index in [2.05, 4.69) is 9.84 Å². The van der Waals surface area contributed by atoms with Crippen LogP contribution in [0.25, 0.3) is 5.52 Å². The minimum Gasteiger partial charge on any atom is -0.431 e. The number of alkyl halides is 2. The topological polar surface area (TPSA) is 67.0 Å². The number of aliphatic hydroxyl groups is 2. The molecule has 0 radical (unpaired) electrons. The van der Waals surface area contributed by atoms with Gasteiger partial charge in [-0.1, -0.05) is 23.2 Å². The number of ether oxygens (including phenoxy) is 1. The molecule has 2 aromatic heterocycles. The van der Waals surface area contributed by atoms with Crippen LogP contribution in [0.1, 0.15) is 22.4 Å². The average molecular weight is 421 g/mol. The summed E-state index contributed by atoms with van der Waals surface area (Å²) in [6.07, 6.45) is 1.39. The molecule has 1 aromatic carbocycles. The molecule has 0 saturated heterocycles. The third-order valence-electron chi connectivity index (χ3n) is 4.05. The number of halogens is 5. The van der Waals surface area contributed by atoms with E-state index in [-0.39, 0.29) is 28.3 Å². The molecule has 0 aliphatic carbocycles. The normalized spacial score (nSPS) is 11.6. The summed E-state index contributed by atoms with van der Waals surface area (Å²) >= 11 is 12.0. The molecular weight excluding hydrogens is 408 g/mol. The molecule has 0 unspecified atom stereocenters. The Kier molecular flexibility index (Phi) is 5.81. The number of nitrogens with zero attached hydrogens (tertiary/aromatic N) is 2. The van der Waals surface area contributed by atoms with Gasteiger partial charge in [0, 0.05) is 39.4 Å². The first-order valence-electron chi connectivity index (χ1n) is 7.67. The maximum absolute atomic E-state index is 14.3. The van der Waals surface area contributed by atoms with Crippen molar-refractivity contribution in [2.75, 3.05) is 0 Å². The van der Waals surface area contributed by atoms with Crippen molar-refractivity contribution < 1.29 is 28.1 Å². The molecule has 0 aliphatic heterocycles. The Hall–Kier alpha value is -2.00. The Balaban J connectivity index is 2.23. The standard InChI is InChI=1S/C17H13Cl2F3N2O3/c18-8-1-2-24-15(3-8)10(14(7-26)23-24)4-9-11(6-25)12(19)5-13(20)16(9)27-17(21)22/h1-3,5,17,25-26H,4,6-7H2. The van der Waals surface area contributed by atoms with Crippen molar-refractivity contribution in [3.8, 4) is 5.75 Å². The molecule has 2 heterocycles. The highest BCUT2D eigenvalue weighted by molar-refractivity contribution is 6.31. The number of rotatable bonds is 6. The van der Waals surface area contributed by atoms with Crippen molar-refractivity contribution in [3.05, 3.63) is 62.6 Å². The second kappa shape index (κ2) is 7.93. The van der Waals surface area contributed by atoms with Gasteiger partial charge >= 0.3 is 6.61 Å². The highest BCUT2D eigenvalue weighted by atomic mass is 35.5. The zero-order valence-electron chi connectivity index (χ0n) is 13.6. The predicted molar refractivity (Wildman–Crippen MR) is 92.9 cm³/mol. The zero-order chi connectivity index (χ0) is 19.7. The van der Waals surface area contributed by atoms with E-state index < -0.39 is 31.4 Å². The molecule has 0 bridgehead atoms. The van der Waals surface area contributed by atoms with E-state index in [4.69, 9.17) is 23.2 Å². The molecule has 27 heavy (non-hydrogen) atoms. The summed E-state index contributed by atoms with van der Waals surface area (Å²) in [7, 11) is 0. The molecule has 5 nitrogen and oxygen atoms in total. The Morgan fingerprint density at radius 2 is 1.85 bits per heavy atom. The van der Waals surface area contributed by atoms with Crippen molar-refractivity contribution in [2.24, 2.45) is 0 Å². The highest BCUT2D eigenvalue weighted by Gasteiger charge is 2.24. The van der Waals surface area contributed by atoms with Crippen LogP contribution < -0.4 is 4.74 Å². The summed E-state index contributed by atoms with van der Waals surface area (Å²) in [6, 6.07) is 3.94. The van der Waals surface area contributed by atoms with Crippen molar-refractivity contribution >= 4 is 28.7 Å². The van der Waals surface area contributed by atoms with Crippen LogP contribution in [0.5, 0.6) is 5.75 Å². The van der Waals surface area contributed by atoms with E-state index in [0.717, 1.165) is 6.07 Å². The summed E-state index contributed by atoms with van der Waals surface area (Å²) in [5.41, 5.74) is 1.12. The molecule has 0 saturated carbocycles. The first-order chi connectivity index (χ1) is 12.8. The molecule has 2 N–H and O–H groups in total. The number of hydrogen-bond donors (Lipinski definition) is 2. The largest absolute Gasteiger partial charge is 0.431 e. The Bertz CT molecular complexity index is 995. The monoisotopic (exact) mass is 420 g/mol. The number of hydrogen-bond acceptors (Lipinski definition) is 4. The molecule has 3 aromatic rings. The van der Waals surface area contributed by atoms with Gasteiger partial charge in [0.1, 0.15) is 0 Å². The Labute approximate surface area is 161 Å². The molecule has 0 amide bonds. The number of fused-ring (bicyclic) bond motifs is 1. The van der Waals surface area contributed by atoms with Crippen LogP contribution >= 0.6 is 23.2 Å². The zero-order valence-corrected chi connectivity index (χ0v) is 15.1. The van der Waals surface area contributed by atoms with E-state index in [1.54, 1.807) is 18.3 Å². The van der Waals surface area contributed by atoms with Gasteiger partial charge in [-0.3, -0.25) is 0 Å². The third kappa shape index (κ3) is 3.84. The van der Waals surface area contributed by atoms with Crippen LogP contribution in [0.3, 0.4) is 0 Å². The van der Waals surface area contributed by atoms with Crippen LogP contribution in [0.2, 0.25) is 10.0 Å². The fourth-order valence-electron chi connectivity index (χ4n) is 2.88. The molecular formula is C17H13Cl2F3N2O3. The van der Waals surface area contributed by atoms with Crippen LogP contribution in [-0.4, -0.2) is 26.4 Å². The molecule has 10 heteroatoms. The minimum absolute atomic E-state index is 0.0407. The SMILES string of the molecule is OCc1nn2ccc(Cl)cc2c1Cc1c(CO)c(Cl)cc(F)c1OC(F)F. The Morgan fingerprint density at radius 1 is 1.11 bits per heavy atom. The molecule has 0 aliphatic rings. The maximum atomic E-state index is 14.3. The molecule has 0 spiro atoms. The van der Waals surface area contributed by atoms with Gasteiger partial charge in [0.05, 0.1) is 24.4 Å². The third-order valence-corrected chi connectivity index (χ3v) is 4.62. The van der Waals surface area contributed by atoms with Gasteiger partial charge < -0.3 is 14.9 Å². The number of aromatic nitrogens is 2. The van der Waals surface area contributed by atoms with Crippen LogP contribution in [-0.2, 0) is 19.6 Å². The van der Waals surface area contributed by atoms with Crippen LogP contribution in [0.4, 0.5) is 13.2 Å². The summed E-state index contributed by atoms with van der Waals surface area (Å²) in [5, 5.41) is 23.7. The lowest BCUT2D eigenvalue weighted by Gasteiger charge is -2.17.